The van der Waals surface area contributed by atoms with Gasteiger partial charge < -0.3 is 25.0 Å². The molecule has 0 saturated carbocycles. The van der Waals surface area contributed by atoms with Crippen molar-refractivity contribution in [1.29, 1.82) is 0 Å². The lowest BCUT2D eigenvalue weighted by atomic mass is 10.1. The number of carbonyl (C=O) groups is 3. The SMILES string of the molecule is CC(C)(C)OC(=O)[C@H](Cc1ccc(OCc2ccccc2)cc1)NC(=O)CNC(=O)N1CCCCCC1. The van der Waals surface area contributed by atoms with Crippen LogP contribution >= 0.6 is 0 Å². The largest absolute Gasteiger partial charge is 0.489 e. The molecule has 3 rings (SSSR count). The Hall–Kier alpha value is -3.55. The van der Waals surface area contributed by atoms with Crippen molar-refractivity contribution in [3.05, 3.63) is 65.7 Å². The van der Waals surface area contributed by atoms with E-state index in [0.29, 0.717) is 25.4 Å². The number of ether oxygens (including phenoxy) is 2. The molecule has 0 aromatic heterocycles. The van der Waals surface area contributed by atoms with E-state index >= 15 is 0 Å². The number of nitrogens with one attached hydrogen (secondary N) is 2. The lowest BCUT2D eigenvalue weighted by Crippen LogP contribution is -2.50. The first-order valence-corrected chi connectivity index (χ1v) is 13.0. The zero-order valence-electron chi connectivity index (χ0n) is 22.1. The van der Waals surface area contributed by atoms with Gasteiger partial charge in [0, 0.05) is 19.5 Å². The summed E-state index contributed by atoms with van der Waals surface area (Å²) in [7, 11) is 0. The Morgan fingerprint density at radius 1 is 0.892 bits per heavy atom. The fourth-order valence-electron chi connectivity index (χ4n) is 4.05. The molecule has 0 bridgehead atoms. The summed E-state index contributed by atoms with van der Waals surface area (Å²) in [6.07, 6.45) is 4.41. The van der Waals surface area contributed by atoms with E-state index in [9.17, 15) is 14.4 Å². The number of hydrogen-bond acceptors (Lipinski definition) is 5. The second-order valence-corrected chi connectivity index (χ2v) is 10.3. The molecule has 1 heterocycles. The number of likely N-dealkylation sites (tertiary alicyclic amines) is 1. The minimum Gasteiger partial charge on any atom is -0.489 e. The molecule has 2 aromatic carbocycles. The minimum atomic E-state index is -0.891. The first kappa shape index (κ1) is 28.0. The molecule has 2 aromatic rings. The van der Waals surface area contributed by atoms with Crippen molar-refractivity contribution in [3.8, 4) is 5.75 Å². The molecule has 1 saturated heterocycles. The van der Waals surface area contributed by atoms with Crippen molar-refractivity contribution in [2.45, 2.75) is 71.1 Å². The maximum Gasteiger partial charge on any atom is 0.329 e. The third kappa shape index (κ3) is 10.1. The van der Waals surface area contributed by atoms with Gasteiger partial charge in [0.1, 0.15) is 24.0 Å². The summed E-state index contributed by atoms with van der Waals surface area (Å²) in [5.41, 5.74) is 1.22. The van der Waals surface area contributed by atoms with E-state index in [0.717, 1.165) is 36.8 Å². The number of carbonyl (C=O) groups excluding carboxylic acids is 3. The molecule has 0 spiro atoms. The molecular formula is C29H39N3O5. The van der Waals surface area contributed by atoms with Gasteiger partial charge in [-0.3, -0.25) is 4.79 Å². The molecule has 3 amide bonds. The highest BCUT2D eigenvalue weighted by molar-refractivity contribution is 5.88. The van der Waals surface area contributed by atoms with Crippen LogP contribution in [0.1, 0.15) is 57.6 Å². The molecule has 2 N–H and O–H groups in total. The zero-order valence-corrected chi connectivity index (χ0v) is 22.1. The normalized spacial score (nSPS) is 14.7. The lowest BCUT2D eigenvalue weighted by Gasteiger charge is -2.25. The van der Waals surface area contributed by atoms with E-state index in [1.54, 1.807) is 25.7 Å². The van der Waals surface area contributed by atoms with Gasteiger partial charge in [0.2, 0.25) is 5.91 Å². The first-order chi connectivity index (χ1) is 17.7. The predicted molar refractivity (Wildman–Crippen MR) is 142 cm³/mol. The summed E-state index contributed by atoms with van der Waals surface area (Å²) in [4.78, 5) is 39.8. The highest BCUT2D eigenvalue weighted by Gasteiger charge is 2.27. The average molecular weight is 510 g/mol. The van der Waals surface area contributed by atoms with Crippen molar-refractivity contribution in [2.75, 3.05) is 19.6 Å². The molecule has 8 heteroatoms. The van der Waals surface area contributed by atoms with Crippen LogP contribution in [0.5, 0.6) is 5.75 Å². The molecule has 1 fully saturated rings. The van der Waals surface area contributed by atoms with Crippen molar-refractivity contribution in [3.63, 3.8) is 0 Å². The molecule has 8 nitrogen and oxygen atoms in total. The van der Waals surface area contributed by atoms with Gasteiger partial charge in [-0.15, -0.1) is 0 Å². The minimum absolute atomic E-state index is 0.207. The van der Waals surface area contributed by atoms with Crippen molar-refractivity contribution in [1.82, 2.24) is 15.5 Å². The van der Waals surface area contributed by atoms with Crippen LogP contribution in [-0.2, 0) is 27.4 Å². The van der Waals surface area contributed by atoms with Crippen LogP contribution in [0.25, 0.3) is 0 Å². The molecule has 1 atom stereocenters. The number of hydrogen-bond donors (Lipinski definition) is 2. The van der Waals surface area contributed by atoms with E-state index < -0.39 is 23.5 Å². The standard InChI is InChI=1S/C29H39N3O5/c1-29(2,3)37-27(34)25(31-26(33)20-30-28(35)32-17-9-4-5-10-18-32)19-22-13-15-24(16-14-22)36-21-23-11-7-6-8-12-23/h6-8,11-16,25H,4-5,9-10,17-21H2,1-3H3,(H,30,35)(H,31,33)/t25-/m0/s1. The number of rotatable bonds is 9. The molecule has 0 unspecified atom stereocenters. The Bertz CT molecular complexity index is 1010. The van der Waals surface area contributed by atoms with Gasteiger partial charge in [0.25, 0.3) is 0 Å². The summed E-state index contributed by atoms with van der Waals surface area (Å²) in [6.45, 7) is 6.98. The van der Waals surface area contributed by atoms with Gasteiger partial charge in [0.15, 0.2) is 0 Å². The van der Waals surface area contributed by atoms with Gasteiger partial charge in [-0.25, -0.2) is 9.59 Å². The number of nitrogens with zero attached hydrogens (tertiary/aromatic N) is 1. The number of urea groups is 1. The van der Waals surface area contributed by atoms with E-state index in [2.05, 4.69) is 10.6 Å². The second-order valence-electron chi connectivity index (χ2n) is 10.3. The molecule has 1 aliphatic heterocycles. The van der Waals surface area contributed by atoms with Crippen LogP contribution in [0.2, 0.25) is 0 Å². The zero-order chi connectivity index (χ0) is 26.7. The Morgan fingerprint density at radius 2 is 1.54 bits per heavy atom. The van der Waals surface area contributed by atoms with E-state index in [1.807, 2.05) is 54.6 Å². The molecule has 1 aliphatic rings. The van der Waals surface area contributed by atoms with Crippen molar-refractivity contribution >= 4 is 17.9 Å². The van der Waals surface area contributed by atoms with Gasteiger partial charge in [-0.05, 0) is 56.9 Å². The van der Waals surface area contributed by atoms with Gasteiger partial charge in [-0.2, -0.15) is 0 Å². The van der Waals surface area contributed by atoms with Crippen molar-refractivity contribution < 1.29 is 23.9 Å². The molecular weight excluding hydrogens is 470 g/mol. The second kappa shape index (κ2) is 13.7. The molecule has 200 valence electrons. The Kier molecular flexibility index (Phi) is 10.4. The van der Waals surface area contributed by atoms with Gasteiger partial charge in [0.05, 0.1) is 6.54 Å². The predicted octanol–water partition coefficient (Wildman–Crippen LogP) is 4.22. The quantitative estimate of drug-likeness (QED) is 0.494. The fourth-order valence-corrected chi connectivity index (χ4v) is 4.05. The molecule has 0 radical (unpaired) electrons. The van der Waals surface area contributed by atoms with Crippen molar-refractivity contribution in [2.24, 2.45) is 0 Å². The maximum absolute atomic E-state index is 12.9. The average Bonchev–Trinajstić information content (AvgIpc) is 3.16. The van der Waals surface area contributed by atoms with Crippen LogP contribution in [-0.4, -0.2) is 54.1 Å². The van der Waals surface area contributed by atoms with Crippen LogP contribution in [0.15, 0.2) is 54.6 Å². The summed E-state index contributed by atoms with van der Waals surface area (Å²) >= 11 is 0. The smallest absolute Gasteiger partial charge is 0.329 e. The fraction of sp³-hybridized carbons (Fsp3) is 0.483. The Morgan fingerprint density at radius 3 is 2.16 bits per heavy atom. The summed E-state index contributed by atoms with van der Waals surface area (Å²) in [5.74, 6) is -0.257. The van der Waals surface area contributed by atoms with Crippen LogP contribution < -0.4 is 15.4 Å². The van der Waals surface area contributed by atoms with E-state index in [1.165, 1.54) is 0 Å². The third-order valence-corrected chi connectivity index (χ3v) is 5.93. The number of benzene rings is 2. The lowest BCUT2D eigenvalue weighted by molar-refractivity contribution is -0.158. The van der Waals surface area contributed by atoms with Crippen LogP contribution in [0, 0.1) is 0 Å². The van der Waals surface area contributed by atoms with Gasteiger partial charge in [-0.1, -0.05) is 55.3 Å². The Labute approximate surface area is 219 Å². The summed E-state index contributed by atoms with van der Waals surface area (Å²) in [6, 6.07) is 16.2. The molecule has 37 heavy (non-hydrogen) atoms. The monoisotopic (exact) mass is 509 g/mol. The topological polar surface area (TPSA) is 97.0 Å². The Balaban J connectivity index is 1.57. The highest BCUT2D eigenvalue weighted by atomic mass is 16.6. The number of amides is 3. The first-order valence-electron chi connectivity index (χ1n) is 13.0. The van der Waals surface area contributed by atoms with E-state index in [4.69, 9.17) is 9.47 Å². The maximum atomic E-state index is 12.9. The van der Waals surface area contributed by atoms with Gasteiger partial charge >= 0.3 is 12.0 Å². The number of esters is 1. The molecule has 0 aliphatic carbocycles. The summed E-state index contributed by atoms with van der Waals surface area (Å²) < 4.78 is 11.4. The van der Waals surface area contributed by atoms with Crippen LogP contribution in [0.4, 0.5) is 4.79 Å². The third-order valence-electron chi connectivity index (χ3n) is 5.93. The van der Waals surface area contributed by atoms with Crippen LogP contribution in [0.3, 0.4) is 0 Å². The van der Waals surface area contributed by atoms with E-state index in [-0.39, 0.29) is 19.0 Å². The summed E-state index contributed by atoms with van der Waals surface area (Å²) in [5, 5.41) is 5.42. The highest BCUT2D eigenvalue weighted by Crippen LogP contribution is 2.17.